The lowest BCUT2D eigenvalue weighted by Gasteiger charge is -2.06. The van der Waals surface area contributed by atoms with Crippen molar-refractivity contribution in [3.63, 3.8) is 0 Å². The van der Waals surface area contributed by atoms with Gasteiger partial charge in [0, 0.05) is 19.7 Å². The minimum Gasteiger partial charge on any atom is -0.399 e. The minimum atomic E-state index is -0.299. The average Bonchev–Trinajstić information content (AvgIpc) is 2.85. The molecule has 0 saturated heterocycles. The van der Waals surface area contributed by atoms with Crippen LogP contribution >= 0.6 is 34.2 Å². The highest BCUT2D eigenvalue weighted by Crippen LogP contribution is 2.24. The second-order valence-corrected chi connectivity index (χ2v) is 6.05. The van der Waals surface area contributed by atoms with Crippen LogP contribution in [0.4, 0.5) is 11.4 Å². The summed E-state index contributed by atoms with van der Waals surface area (Å²) in [6, 6.07) is 10.5. The summed E-state index contributed by atoms with van der Waals surface area (Å²) in [4.78, 5) is 12.4. The molecule has 5 nitrogen and oxygen atoms in total. The predicted molar refractivity (Wildman–Crippen MR) is 92.6 cm³/mol. The Morgan fingerprint density at radius 2 is 2.10 bits per heavy atom. The van der Waals surface area contributed by atoms with Crippen LogP contribution in [0.5, 0.6) is 0 Å². The zero-order chi connectivity index (χ0) is 15.0. The van der Waals surface area contributed by atoms with E-state index in [2.05, 4.69) is 38.1 Å². The molecule has 3 aromatic rings. The normalized spacial score (nSPS) is 10.8. The second kappa shape index (κ2) is 5.53. The van der Waals surface area contributed by atoms with Crippen molar-refractivity contribution < 1.29 is 4.79 Å². The molecule has 4 N–H and O–H groups in total. The number of nitrogen functional groups attached to an aromatic ring is 1. The number of carbonyl (C=O) groups is 1. The lowest BCUT2D eigenvalue weighted by Crippen LogP contribution is -2.13. The van der Waals surface area contributed by atoms with Gasteiger partial charge in [0.2, 0.25) is 0 Å². The van der Waals surface area contributed by atoms with Gasteiger partial charge in [-0.15, -0.1) is 0 Å². The maximum absolute atomic E-state index is 12.4. The summed E-state index contributed by atoms with van der Waals surface area (Å²) in [5, 5.41) is 11.0. The number of nitrogens with two attached hydrogens (primary N) is 1. The predicted octanol–water partition coefficient (Wildman–Crippen LogP) is 3.66. The van der Waals surface area contributed by atoms with Crippen LogP contribution in [0, 0.1) is 3.57 Å². The SMILES string of the molecule is Nc1ccc2[nH]nc(C(=O)Nc3ccc(Cl)cc3I)c2c1. The number of aromatic amines is 1. The Balaban J connectivity index is 1.95. The highest BCUT2D eigenvalue weighted by atomic mass is 127. The number of rotatable bonds is 2. The number of hydrogen-bond acceptors (Lipinski definition) is 3. The molecule has 21 heavy (non-hydrogen) atoms. The monoisotopic (exact) mass is 412 g/mol. The largest absolute Gasteiger partial charge is 0.399 e. The van der Waals surface area contributed by atoms with E-state index in [0.29, 0.717) is 27.5 Å². The molecule has 0 spiro atoms. The molecule has 0 aliphatic carbocycles. The first kappa shape index (κ1) is 14.2. The van der Waals surface area contributed by atoms with Crippen molar-refractivity contribution in [2.24, 2.45) is 0 Å². The fourth-order valence-electron chi connectivity index (χ4n) is 1.98. The van der Waals surface area contributed by atoms with E-state index in [9.17, 15) is 4.79 Å². The van der Waals surface area contributed by atoms with E-state index in [1.54, 1.807) is 36.4 Å². The second-order valence-electron chi connectivity index (χ2n) is 4.46. The topological polar surface area (TPSA) is 83.8 Å². The van der Waals surface area contributed by atoms with E-state index >= 15 is 0 Å². The van der Waals surface area contributed by atoms with Gasteiger partial charge in [-0.2, -0.15) is 5.10 Å². The molecule has 0 unspecified atom stereocenters. The van der Waals surface area contributed by atoms with Gasteiger partial charge >= 0.3 is 0 Å². The standard InChI is InChI=1S/C14H10ClIN4O/c15-7-1-3-12(10(16)5-7)18-14(21)13-9-6-8(17)2-4-11(9)19-20-13/h1-6H,17H2,(H,18,21)(H,19,20). The molecule has 0 saturated carbocycles. The molecule has 1 heterocycles. The highest BCUT2D eigenvalue weighted by Gasteiger charge is 2.15. The number of nitrogens with one attached hydrogen (secondary N) is 2. The Hall–Kier alpha value is -1.80. The van der Waals surface area contributed by atoms with Crippen molar-refractivity contribution in [1.29, 1.82) is 0 Å². The van der Waals surface area contributed by atoms with Crippen molar-refractivity contribution in [3.8, 4) is 0 Å². The van der Waals surface area contributed by atoms with Crippen LogP contribution < -0.4 is 11.1 Å². The molecule has 1 aromatic heterocycles. The number of carbonyl (C=O) groups excluding carboxylic acids is 1. The third kappa shape index (κ3) is 2.81. The van der Waals surface area contributed by atoms with Crippen molar-refractivity contribution >= 4 is 62.4 Å². The number of hydrogen-bond donors (Lipinski definition) is 3. The first-order valence-corrected chi connectivity index (χ1v) is 7.50. The van der Waals surface area contributed by atoms with E-state index in [1.165, 1.54) is 0 Å². The van der Waals surface area contributed by atoms with E-state index in [-0.39, 0.29) is 5.91 Å². The van der Waals surface area contributed by atoms with Gasteiger partial charge in [-0.05, 0) is 59.0 Å². The average molecular weight is 413 g/mol. The maximum atomic E-state index is 12.4. The number of halogens is 2. The number of fused-ring (bicyclic) bond motifs is 1. The Labute approximate surface area is 139 Å². The summed E-state index contributed by atoms with van der Waals surface area (Å²) in [6.07, 6.45) is 0. The first-order chi connectivity index (χ1) is 10.0. The summed E-state index contributed by atoms with van der Waals surface area (Å²) < 4.78 is 0.854. The molecule has 0 atom stereocenters. The summed E-state index contributed by atoms with van der Waals surface area (Å²) in [6.45, 7) is 0. The lowest BCUT2D eigenvalue weighted by molar-refractivity contribution is 0.102. The number of H-pyrrole nitrogens is 1. The van der Waals surface area contributed by atoms with Crippen LogP contribution in [0.25, 0.3) is 10.9 Å². The molecular formula is C14H10ClIN4O. The molecule has 0 fully saturated rings. The number of amides is 1. The third-order valence-electron chi connectivity index (χ3n) is 2.98. The maximum Gasteiger partial charge on any atom is 0.276 e. The molecule has 0 radical (unpaired) electrons. The van der Waals surface area contributed by atoms with Crippen LogP contribution in [0.2, 0.25) is 5.02 Å². The van der Waals surface area contributed by atoms with Crippen LogP contribution in [-0.2, 0) is 0 Å². The van der Waals surface area contributed by atoms with Gasteiger partial charge in [0.1, 0.15) is 0 Å². The van der Waals surface area contributed by atoms with Crippen LogP contribution in [0.15, 0.2) is 36.4 Å². The molecule has 0 aliphatic heterocycles. The smallest absolute Gasteiger partial charge is 0.276 e. The van der Waals surface area contributed by atoms with Crippen LogP contribution in [0.1, 0.15) is 10.5 Å². The fourth-order valence-corrected chi connectivity index (χ4v) is 2.98. The third-order valence-corrected chi connectivity index (χ3v) is 4.11. The van der Waals surface area contributed by atoms with Crippen LogP contribution in [-0.4, -0.2) is 16.1 Å². The summed E-state index contributed by atoms with van der Waals surface area (Å²) >= 11 is 8.01. The van der Waals surface area contributed by atoms with Crippen LogP contribution in [0.3, 0.4) is 0 Å². The molecule has 106 valence electrons. The van der Waals surface area contributed by atoms with Gasteiger partial charge in [0.05, 0.1) is 11.2 Å². The molecule has 7 heteroatoms. The van der Waals surface area contributed by atoms with Crippen molar-refractivity contribution in [3.05, 3.63) is 50.7 Å². The Morgan fingerprint density at radius 3 is 2.86 bits per heavy atom. The Morgan fingerprint density at radius 1 is 1.29 bits per heavy atom. The Bertz CT molecular complexity index is 846. The van der Waals surface area contributed by atoms with Gasteiger partial charge in [0.25, 0.3) is 5.91 Å². The van der Waals surface area contributed by atoms with E-state index in [1.807, 2.05) is 0 Å². The van der Waals surface area contributed by atoms with Crippen molar-refractivity contribution in [2.75, 3.05) is 11.1 Å². The number of anilines is 2. The zero-order valence-electron chi connectivity index (χ0n) is 10.7. The van der Waals surface area contributed by atoms with E-state index in [4.69, 9.17) is 17.3 Å². The molecule has 3 rings (SSSR count). The fraction of sp³-hybridized carbons (Fsp3) is 0. The number of benzene rings is 2. The van der Waals surface area contributed by atoms with E-state index < -0.39 is 0 Å². The molecular weight excluding hydrogens is 403 g/mol. The van der Waals surface area contributed by atoms with Gasteiger partial charge in [-0.1, -0.05) is 11.6 Å². The van der Waals surface area contributed by atoms with Crippen molar-refractivity contribution in [1.82, 2.24) is 10.2 Å². The van der Waals surface area contributed by atoms with Gasteiger partial charge in [0.15, 0.2) is 5.69 Å². The van der Waals surface area contributed by atoms with Gasteiger partial charge < -0.3 is 11.1 Å². The van der Waals surface area contributed by atoms with E-state index in [0.717, 1.165) is 9.09 Å². The molecule has 0 bridgehead atoms. The zero-order valence-corrected chi connectivity index (χ0v) is 13.6. The summed E-state index contributed by atoms with van der Waals surface area (Å²) in [5.74, 6) is -0.299. The number of nitrogens with zero attached hydrogens (tertiary/aromatic N) is 1. The minimum absolute atomic E-state index is 0.299. The molecule has 2 aromatic carbocycles. The summed E-state index contributed by atoms with van der Waals surface area (Å²) in [7, 11) is 0. The summed E-state index contributed by atoms with van der Waals surface area (Å²) in [5.41, 5.74) is 8.10. The van der Waals surface area contributed by atoms with Crippen molar-refractivity contribution in [2.45, 2.75) is 0 Å². The van der Waals surface area contributed by atoms with Gasteiger partial charge in [-0.25, -0.2) is 0 Å². The lowest BCUT2D eigenvalue weighted by atomic mass is 10.2. The molecule has 0 aliphatic rings. The number of aromatic nitrogens is 2. The Kier molecular flexibility index (Phi) is 3.73. The first-order valence-electron chi connectivity index (χ1n) is 6.04. The van der Waals surface area contributed by atoms with Gasteiger partial charge in [-0.3, -0.25) is 9.89 Å². The molecule has 1 amide bonds. The quantitative estimate of drug-likeness (QED) is 0.444. The highest BCUT2D eigenvalue weighted by molar-refractivity contribution is 14.1.